The zero-order valence-electron chi connectivity index (χ0n) is 13.7. The van der Waals surface area contributed by atoms with Crippen LogP contribution in [-0.4, -0.2) is 52.3 Å². The zero-order valence-corrected chi connectivity index (χ0v) is 14.6. The molecule has 4 amide bonds. The van der Waals surface area contributed by atoms with Crippen molar-refractivity contribution in [3.63, 3.8) is 0 Å². The third kappa shape index (κ3) is 2.46. The first-order valence-electron chi connectivity index (χ1n) is 8.59. The molecule has 0 unspecified atom stereocenters. The van der Waals surface area contributed by atoms with Gasteiger partial charge in [-0.05, 0) is 48.6 Å². The molecular formula is C17H21N3O3S. The predicted octanol–water partition coefficient (Wildman–Crippen LogP) is 2.22. The van der Waals surface area contributed by atoms with Gasteiger partial charge in [0.15, 0.2) is 0 Å². The molecule has 2 fully saturated rings. The molecule has 4 rings (SSSR count). The summed E-state index contributed by atoms with van der Waals surface area (Å²) in [5.41, 5.74) is 1.35. The average Bonchev–Trinajstić information content (AvgIpc) is 3.27. The largest absolute Gasteiger partial charge is 0.335 e. The number of amides is 4. The van der Waals surface area contributed by atoms with E-state index >= 15 is 0 Å². The molecule has 1 saturated heterocycles. The Bertz CT molecular complexity index is 697. The van der Waals surface area contributed by atoms with Crippen molar-refractivity contribution in [2.24, 2.45) is 5.92 Å². The summed E-state index contributed by atoms with van der Waals surface area (Å²) in [6.07, 6.45) is 3.99. The number of hydrogen-bond donors (Lipinski definition) is 0. The molecule has 1 aliphatic carbocycles. The van der Waals surface area contributed by atoms with Gasteiger partial charge in [0.25, 0.3) is 0 Å². The van der Waals surface area contributed by atoms with Crippen LogP contribution in [0, 0.1) is 5.92 Å². The van der Waals surface area contributed by atoms with Crippen LogP contribution in [0.5, 0.6) is 0 Å². The van der Waals surface area contributed by atoms with Crippen LogP contribution in [0.3, 0.4) is 0 Å². The van der Waals surface area contributed by atoms with Gasteiger partial charge in [0.1, 0.15) is 0 Å². The number of rotatable bonds is 5. The van der Waals surface area contributed by atoms with Crippen molar-refractivity contribution in [3.8, 4) is 0 Å². The van der Waals surface area contributed by atoms with Gasteiger partial charge < -0.3 is 0 Å². The Hall–Kier alpha value is -1.73. The number of nitrogens with zero attached hydrogens (tertiary/aromatic N) is 3. The van der Waals surface area contributed by atoms with E-state index in [1.165, 1.54) is 23.3 Å². The maximum Gasteiger partial charge on any atom is 0.335 e. The lowest BCUT2D eigenvalue weighted by Crippen LogP contribution is -2.46. The van der Waals surface area contributed by atoms with Crippen LogP contribution in [0.2, 0.25) is 0 Å². The van der Waals surface area contributed by atoms with Crippen LogP contribution < -0.4 is 0 Å². The van der Waals surface area contributed by atoms with Crippen molar-refractivity contribution in [1.82, 2.24) is 14.7 Å². The Balaban J connectivity index is 1.55. The number of fused-ring (bicyclic) bond motifs is 1. The minimum atomic E-state index is -0.682. The first-order valence-corrected chi connectivity index (χ1v) is 9.47. The van der Waals surface area contributed by atoms with Gasteiger partial charge in [-0.3, -0.25) is 19.4 Å². The van der Waals surface area contributed by atoms with Gasteiger partial charge in [0.05, 0.1) is 6.67 Å². The summed E-state index contributed by atoms with van der Waals surface area (Å²) in [5.74, 6) is -0.758. The molecule has 0 bridgehead atoms. The molecule has 0 spiro atoms. The van der Waals surface area contributed by atoms with E-state index < -0.39 is 17.8 Å². The van der Waals surface area contributed by atoms with Crippen LogP contribution in [0.15, 0.2) is 11.4 Å². The van der Waals surface area contributed by atoms with Gasteiger partial charge in [-0.1, -0.05) is 6.92 Å². The van der Waals surface area contributed by atoms with Gasteiger partial charge in [-0.25, -0.2) is 9.69 Å². The Labute approximate surface area is 145 Å². The summed E-state index contributed by atoms with van der Waals surface area (Å²) in [4.78, 5) is 42.6. The molecule has 24 heavy (non-hydrogen) atoms. The van der Waals surface area contributed by atoms with E-state index in [0.29, 0.717) is 18.9 Å². The fourth-order valence-electron chi connectivity index (χ4n) is 3.80. The number of imide groups is 2. The maximum absolute atomic E-state index is 12.5. The molecule has 128 valence electrons. The SMILES string of the molecule is CCCN1C(=O)C(=O)N(CN2CCc3sccc3[C@@H]2C2CC2)C1=O. The first-order chi connectivity index (χ1) is 11.6. The van der Waals surface area contributed by atoms with Gasteiger partial charge >= 0.3 is 17.8 Å². The number of thiophene rings is 1. The molecule has 1 atom stereocenters. The summed E-state index contributed by atoms with van der Waals surface area (Å²) >= 11 is 1.79. The molecule has 1 saturated carbocycles. The van der Waals surface area contributed by atoms with E-state index in [-0.39, 0.29) is 12.7 Å². The van der Waals surface area contributed by atoms with Crippen LogP contribution in [0.25, 0.3) is 0 Å². The Morgan fingerprint density at radius 1 is 1.17 bits per heavy atom. The highest BCUT2D eigenvalue weighted by Gasteiger charge is 2.47. The molecule has 0 N–H and O–H groups in total. The smallest absolute Gasteiger partial charge is 0.278 e. The van der Waals surface area contributed by atoms with Crippen LogP contribution in [0.1, 0.15) is 42.7 Å². The summed E-state index contributed by atoms with van der Waals surface area (Å²) in [6.45, 7) is 3.24. The van der Waals surface area contributed by atoms with Crippen molar-refractivity contribution < 1.29 is 14.4 Å². The van der Waals surface area contributed by atoms with E-state index in [1.54, 1.807) is 11.3 Å². The van der Waals surface area contributed by atoms with Gasteiger partial charge in [0.2, 0.25) is 0 Å². The maximum atomic E-state index is 12.5. The van der Waals surface area contributed by atoms with E-state index in [0.717, 1.165) is 22.8 Å². The van der Waals surface area contributed by atoms with E-state index in [1.807, 2.05) is 6.92 Å². The van der Waals surface area contributed by atoms with Crippen LogP contribution in [-0.2, 0) is 16.0 Å². The number of hydrogen-bond acceptors (Lipinski definition) is 5. The molecule has 3 aliphatic rings. The number of carbonyl (C=O) groups excluding carboxylic acids is 3. The molecule has 7 heteroatoms. The highest BCUT2D eigenvalue weighted by atomic mass is 32.1. The third-order valence-electron chi connectivity index (χ3n) is 5.09. The minimum Gasteiger partial charge on any atom is -0.278 e. The van der Waals surface area contributed by atoms with E-state index in [9.17, 15) is 14.4 Å². The average molecular weight is 347 g/mol. The second kappa shape index (κ2) is 5.97. The predicted molar refractivity (Wildman–Crippen MR) is 89.3 cm³/mol. The molecule has 0 aromatic carbocycles. The number of urea groups is 1. The second-order valence-electron chi connectivity index (χ2n) is 6.76. The molecule has 1 aromatic rings. The van der Waals surface area contributed by atoms with Gasteiger partial charge in [-0.15, -0.1) is 11.3 Å². The van der Waals surface area contributed by atoms with Crippen molar-refractivity contribution in [2.45, 2.75) is 38.6 Å². The molecular weight excluding hydrogens is 326 g/mol. The molecule has 0 radical (unpaired) electrons. The van der Waals surface area contributed by atoms with Crippen molar-refractivity contribution in [2.75, 3.05) is 19.8 Å². The van der Waals surface area contributed by atoms with Gasteiger partial charge in [0, 0.05) is 24.0 Å². The standard InChI is InChI=1S/C17H21N3O3S/c1-2-7-19-15(21)16(22)20(17(19)23)10-18-8-5-13-12(6-9-24-13)14(18)11-3-4-11/h6,9,11,14H,2-5,7-8,10H2,1H3/t14-/m0/s1. The Kier molecular flexibility index (Phi) is 3.92. The summed E-state index contributed by atoms with van der Waals surface area (Å²) in [6, 6.07) is 1.99. The normalized spacial score (nSPS) is 24.9. The Morgan fingerprint density at radius 3 is 2.62 bits per heavy atom. The van der Waals surface area contributed by atoms with Crippen LogP contribution >= 0.6 is 11.3 Å². The summed E-state index contributed by atoms with van der Waals surface area (Å²) in [5, 5.41) is 2.13. The van der Waals surface area contributed by atoms with Crippen LogP contribution in [0.4, 0.5) is 4.79 Å². The lowest BCUT2D eigenvalue weighted by molar-refractivity contribution is -0.144. The third-order valence-corrected chi connectivity index (χ3v) is 6.09. The zero-order chi connectivity index (χ0) is 16.8. The molecule has 3 heterocycles. The fourth-order valence-corrected chi connectivity index (χ4v) is 4.71. The second-order valence-corrected chi connectivity index (χ2v) is 7.76. The van der Waals surface area contributed by atoms with E-state index in [2.05, 4.69) is 16.3 Å². The van der Waals surface area contributed by atoms with E-state index in [4.69, 9.17) is 0 Å². The summed E-state index contributed by atoms with van der Waals surface area (Å²) in [7, 11) is 0. The monoisotopic (exact) mass is 347 g/mol. The first kappa shape index (κ1) is 15.8. The van der Waals surface area contributed by atoms with Crippen molar-refractivity contribution in [3.05, 3.63) is 21.9 Å². The van der Waals surface area contributed by atoms with Gasteiger partial charge in [-0.2, -0.15) is 0 Å². The lowest BCUT2D eigenvalue weighted by atomic mass is 9.96. The molecule has 2 aliphatic heterocycles. The highest BCUT2D eigenvalue weighted by Crippen LogP contribution is 2.48. The summed E-state index contributed by atoms with van der Waals surface area (Å²) < 4.78 is 0. The fraction of sp³-hybridized carbons (Fsp3) is 0.588. The highest BCUT2D eigenvalue weighted by molar-refractivity contribution is 7.10. The quantitative estimate of drug-likeness (QED) is 0.605. The topological polar surface area (TPSA) is 60.9 Å². The molecule has 1 aromatic heterocycles. The van der Waals surface area contributed by atoms with Crippen molar-refractivity contribution >= 4 is 29.2 Å². The lowest BCUT2D eigenvalue weighted by Gasteiger charge is -2.37. The molecule has 6 nitrogen and oxygen atoms in total. The Morgan fingerprint density at radius 2 is 1.92 bits per heavy atom. The van der Waals surface area contributed by atoms with Crippen molar-refractivity contribution in [1.29, 1.82) is 0 Å². The minimum absolute atomic E-state index is 0.222. The number of carbonyl (C=O) groups is 3.